The zero-order valence-electron chi connectivity index (χ0n) is 12.5. The van der Waals surface area contributed by atoms with Crippen LogP contribution in [0.15, 0.2) is 24.3 Å². The van der Waals surface area contributed by atoms with Gasteiger partial charge in [0, 0.05) is 13.5 Å². The molecule has 0 aliphatic carbocycles. The average molecular weight is 295 g/mol. The molecular formula is C15H21NO5. The van der Waals surface area contributed by atoms with Crippen LogP contribution in [0.5, 0.6) is 5.75 Å². The molecule has 1 aromatic carbocycles. The van der Waals surface area contributed by atoms with Gasteiger partial charge in [-0.3, -0.25) is 9.59 Å². The van der Waals surface area contributed by atoms with Crippen LogP contribution < -0.4 is 10.1 Å². The molecule has 1 amide bonds. The molecule has 0 radical (unpaired) electrons. The number of carboxylic acid groups (broad SMARTS) is 1. The van der Waals surface area contributed by atoms with E-state index in [1.807, 2.05) is 0 Å². The van der Waals surface area contributed by atoms with Gasteiger partial charge in [0.25, 0.3) is 0 Å². The number of nitrogens with one attached hydrogen (secondary N) is 1. The summed E-state index contributed by atoms with van der Waals surface area (Å²) >= 11 is 0. The first-order valence-corrected chi connectivity index (χ1v) is 6.57. The second-order valence-electron chi connectivity index (χ2n) is 4.93. The lowest BCUT2D eigenvalue weighted by atomic mass is 9.88. The molecule has 0 fully saturated rings. The van der Waals surface area contributed by atoms with E-state index in [1.54, 1.807) is 31.2 Å². The number of rotatable bonds is 8. The van der Waals surface area contributed by atoms with Crippen molar-refractivity contribution in [1.82, 2.24) is 5.32 Å². The number of methoxy groups -OCH3 is 2. The summed E-state index contributed by atoms with van der Waals surface area (Å²) < 4.78 is 10.00. The molecule has 6 heteroatoms. The number of carboxylic acids is 1. The van der Waals surface area contributed by atoms with Crippen molar-refractivity contribution in [2.45, 2.75) is 25.3 Å². The maximum Gasteiger partial charge on any atom is 0.306 e. The van der Waals surface area contributed by atoms with E-state index >= 15 is 0 Å². The first kappa shape index (κ1) is 17.0. The predicted molar refractivity (Wildman–Crippen MR) is 77.2 cm³/mol. The van der Waals surface area contributed by atoms with Crippen molar-refractivity contribution in [2.75, 3.05) is 20.8 Å². The number of hydrogen-bond acceptors (Lipinski definition) is 4. The van der Waals surface area contributed by atoms with Gasteiger partial charge < -0.3 is 19.9 Å². The average Bonchev–Trinajstić information content (AvgIpc) is 2.44. The van der Waals surface area contributed by atoms with Crippen LogP contribution in [0.1, 0.15) is 25.3 Å². The largest absolute Gasteiger partial charge is 0.497 e. The Morgan fingerprint density at radius 2 is 2.05 bits per heavy atom. The van der Waals surface area contributed by atoms with Crippen molar-refractivity contribution in [2.24, 2.45) is 0 Å². The van der Waals surface area contributed by atoms with Gasteiger partial charge in [-0.05, 0) is 24.6 Å². The normalized spacial score (nSPS) is 13.3. The summed E-state index contributed by atoms with van der Waals surface area (Å²) in [5.41, 5.74) is -0.333. The summed E-state index contributed by atoms with van der Waals surface area (Å²) in [6.07, 6.45) is -0.0471. The SMILES string of the molecule is COCCC(=O)NC(C)(CC(=O)O)c1cccc(OC)c1. The van der Waals surface area contributed by atoms with Gasteiger partial charge in [0.1, 0.15) is 5.75 Å². The van der Waals surface area contributed by atoms with E-state index in [-0.39, 0.29) is 25.4 Å². The van der Waals surface area contributed by atoms with Crippen LogP contribution in [-0.2, 0) is 19.9 Å². The number of hydrogen-bond donors (Lipinski definition) is 2. The molecule has 0 bridgehead atoms. The Labute approximate surface area is 124 Å². The third kappa shape index (κ3) is 5.07. The van der Waals surface area contributed by atoms with Crippen molar-refractivity contribution in [3.63, 3.8) is 0 Å². The van der Waals surface area contributed by atoms with Crippen LogP contribution in [0.4, 0.5) is 0 Å². The summed E-state index contributed by atoms with van der Waals surface area (Å²) in [4.78, 5) is 23.0. The van der Waals surface area contributed by atoms with Gasteiger partial charge in [-0.15, -0.1) is 0 Å². The summed E-state index contributed by atoms with van der Waals surface area (Å²) in [7, 11) is 3.04. The molecule has 0 saturated heterocycles. The highest BCUT2D eigenvalue weighted by atomic mass is 16.5. The van der Waals surface area contributed by atoms with Gasteiger partial charge in [0.05, 0.1) is 25.7 Å². The fourth-order valence-corrected chi connectivity index (χ4v) is 2.05. The third-order valence-corrected chi connectivity index (χ3v) is 3.16. The Morgan fingerprint density at radius 1 is 1.33 bits per heavy atom. The van der Waals surface area contributed by atoms with Crippen molar-refractivity contribution < 1.29 is 24.2 Å². The fraction of sp³-hybridized carbons (Fsp3) is 0.467. The Morgan fingerprint density at radius 3 is 2.62 bits per heavy atom. The van der Waals surface area contributed by atoms with E-state index in [4.69, 9.17) is 14.6 Å². The fourth-order valence-electron chi connectivity index (χ4n) is 2.05. The zero-order valence-corrected chi connectivity index (χ0v) is 12.5. The van der Waals surface area contributed by atoms with Gasteiger partial charge in [0.2, 0.25) is 5.91 Å². The number of amides is 1. The predicted octanol–water partition coefficient (Wildman–Crippen LogP) is 1.54. The molecule has 0 heterocycles. The first-order valence-electron chi connectivity index (χ1n) is 6.57. The van der Waals surface area contributed by atoms with Crippen LogP contribution in [0.2, 0.25) is 0 Å². The van der Waals surface area contributed by atoms with Crippen molar-refractivity contribution in [3.05, 3.63) is 29.8 Å². The van der Waals surface area contributed by atoms with Gasteiger partial charge in [-0.1, -0.05) is 12.1 Å². The molecular weight excluding hydrogens is 274 g/mol. The highest BCUT2D eigenvalue weighted by Gasteiger charge is 2.31. The van der Waals surface area contributed by atoms with E-state index in [0.717, 1.165) is 0 Å². The second kappa shape index (κ2) is 7.64. The Bertz CT molecular complexity index is 503. The van der Waals surface area contributed by atoms with Crippen molar-refractivity contribution in [3.8, 4) is 5.75 Å². The van der Waals surface area contributed by atoms with Gasteiger partial charge >= 0.3 is 5.97 Å². The molecule has 1 aromatic rings. The molecule has 0 saturated carbocycles. The maximum atomic E-state index is 11.9. The van der Waals surface area contributed by atoms with E-state index in [9.17, 15) is 9.59 Å². The molecule has 0 aliphatic heterocycles. The van der Waals surface area contributed by atoms with Gasteiger partial charge in [-0.25, -0.2) is 0 Å². The quantitative estimate of drug-likeness (QED) is 0.760. The summed E-state index contributed by atoms with van der Waals surface area (Å²) in [6, 6.07) is 7.01. The van der Waals surface area contributed by atoms with Crippen molar-refractivity contribution in [1.29, 1.82) is 0 Å². The van der Waals surface area contributed by atoms with E-state index in [0.29, 0.717) is 11.3 Å². The highest BCUT2D eigenvalue weighted by Crippen LogP contribution is 2.28. The Kier molecular flexibility index (Phi) is 6.17. The van der Waals surface area contributed by atoms with Crippen LogP contribution in [0, 0.1) is 0 Å². The van der Waals surface area contributed by atoms with Crippen LogP contribution >= 0.6 is 0 Å². The molecule has 116 valence electrons. The monoisotopic (exact) mass is 295 g/mol. The lowest BCUT2D eigenvalue weighted by molar-refractivity contribution is -0.139. The Balaban J connectivity index is 3.01. The number of carbonyl (C=O) groups is 2. The Hall–Kier alpha value is -2.08. The van der Waals surface area contributed by atoms with Gasteiger partial charge in [0.15, 0.2) is 0 Å². The van der Waals surface area contributed by atoms with Gasteiger partial charge in [-0.2, -0.15) is 0 Å². The minimum atomic E-state index is -1.01. The smallest absolute Gasteiger partial charge is 0.306 e. The summed E-state index contributed by atoms with van der Waals surface area (Å²) in [5.74, 6) is -0.647. The topological polar surface area (TPSA) is 84.9 Å². The number of carbonyl (C=O) groups excluding carboxylic acids is 1. The minimum Gasteiger partial charge on any atom is -0.497 e. The summed E-state index contributed by atoms with van der Waals surface area (Å²) in [6.45, 7) is 1.97. The van der Waals surface area contributed by atoms with E-state index < -0.39 is 11.5 Å². The lowest BCUT2D eigenvalue weighted by Crippen LogP contribution is -2.45. The van der Waals surface area contributed by atoms with Crippen LogP contribution in [0.3, 0.4) is 0 Å². The van der Waals surface area contributed by atoms with E-state index in [2.05, 4.69) is 5.32 Å². The first-order chi connectivity index (χ1) is 9.91. The zero-order chi connectivity index (χ0) is 15.9. The van der Waals surface area contributed by atoms with Crippen LogP contribution in [-0.4, -0.2) is 37.8 Å². The minimum absolute atomic E-state index is 0.176. The molecule has 1 unspecified atom stereocenters. The standard InChI is InChI=1S/C15H21NO5/c1-15(10-14(18)19,16-13(17)7-8-20-2)11-5-4-6-12(9-11)21-3/h4-6,9H,7-8,10H2,1-3H3,(H,16,17)(H,18,19). The summed E-state index contributed by atoms with van der Waals surface area (Å²) in [5, 5.41) is 11.9. The molecule has 21 heavy (non-hydrogen) atoms. The van der Waals surface area contributed by atoms with Crippen molar-refractivity contribution >= 4 is 11.9 Å². The molecule has 1 atom stereocenters. The lowest BCUT2D eigenvalue weighted by Gasteiger charge is -2.30. The molecule has 0 aliphatic rings. The molecule has 1 rings (SSSR count). The molecule has 0 spiro atoms. The maximum absolute atomic E-state index is 11.9. The second-order valence-corrected chi connectivity index (χ2v) is 4.93. The molecule has 2 N–H and O–H groups in total. The third-order valence-electron chi connectivity index (χ3n) is 3.16. The number of benzene rings is 1. The van der Waals surface area contributed by atoms with E-state index in [1.165, 1.54) is 14.2 Å². The number of aliphatic carboxylic acids is 1. The van der Waals surface area contributed by atoms with Crippen LogP contribution in [0.25, 0.3) is 0 Å². The highest BCUT2D eigenvalue weighted by molar-refractivity contribution is 5.78. The molecule has 6 nitrogen and oxygen atoms in total. The number of ether oxygens (including phenoxy) is 2. The molecule has 0 aromatic heterocycles.